The number of nitrogens with zero attached hydrogens (tertiary/aromatic N) is 1. The summed E-state index contributed by atoms with van der Waals surface area (Å²) in [5, 5.41) is 10.1. The molecule has 0 radical (unpaired) electrons. The molecule has 3 aromatic carbocycles. The Hall–Kier alpha value is -4.59. The van der Waals surface area contributed by atoms with Crippen molar-refractivity contribution in [3.05, 3.63) is 65.9 Å². The van der Waals surface area contributed by atoms with Crippen molar-refractivity contribution in [2.24, 2.45) is 0 Å². The van der Waals surface area contributed by atoms with Crippen LogP contribution in [0.25, 0.3) is 33.5 Å². The standard InChI is InChI=1S/C34H37NO7/c1-19(2)41-26-13-10-23(17-27(26)38-5)31-30(21-8-11-24(36)12-9-21)33(34(37)40-7)35-15-14-22-16-29(42-20(3)4)28(39-6)18-25(22)32(31)35/h8-13,16-20,36H,14-15H2,1-7H3. The number of methoxy groups -OCH3 is 3. The molecule has 0 atom stereocenters. The minimum Gasteiger partial charge on any atom is -0.508 e. The van der Waals surface area contributed by atoms with Crippen LogP contribution in [0.5, 0.6) is 28.7 Å². The second-order valence-corrected chi connectivity index (χ2v) is 10.7. The third-order valence-electron chi connectivity index (χ3n) is 7.23. The molecular weight excluding hydrogens is 534 g/mol. The highest BCUT2D eigenvalue weighted by atomic mass is 16.5. The highest BCUT2D eigenvalue weighted by molar-refractivity contribution is 6.07. The van der Waals surface area contributed by atoms with E-state index in [4.69, 9.17) is 23.7 Å². The normalized spacial score (nSPS) is 12.1. The number of aromatic nitrogens is 1. The van der Waals surface area contributed by atoms with Crippen LogP contribution in [0.4, 0.5) is 0 Å². The molecule has 2 heterocycles. The summed E-state index contributed by atoms with van der Waals surface area (Å²) in [5.74, 6) is 2.16. The summed E-state index contributed by atoms with van der Waals surface area (Å²) in [6.45, 7) is 8.44. The topological polar surface area (TPSA) is 88.4 Å². The number of carbonyl (C=O) groups excluding carboxylic acids is 1. The molecule has 1 aromatic heterocycles. The molecule has 1 aliphatic heterocycles. The fourth-order valence-corrected chi connectivity index (χ4v) is 5.56. The van der Waals surface area contributed by atoms with Crippen molar-refractivity contribution in [1.29, 1.82) is 0 Å². The van der Waals surface area contributed by atoms with Crippen molar-refractivity contribution in [3.8, 4) is 62.3 Å². The molecule has 42 heavy (non-hydrogen) atoms. The van der Waals surface area contributed by atoms with Crippen LogP contribution in [0.1, 0.15) is 43.7 Å². The van der Waals surface area contributed by atoms with Crippen molar-refractivity contribution in [2.75, 3.05) is 21.3 Å². The van der Waals surface area contributed by atoms with Crippen LogP contribution in [0.2, 0.25) is 0 Å². The third kappa shape index (κ3) is 5.24. The molecule has 0 amide bonds. The number of phenolic OH excluding ortho intramolecular Hbond substituents is 1. The molecule has 0 saturated heterocycles. The van der Waals surface area contributed by atoms with Crippen LogP contribution in [-0.2, 0) is 17.7 Å². The Labute approximate surface area is 246 Å². The van der Waals surface area contributed by atoms with Gasteiger partial charge in [0.1, 0.15) is 11.4 Å². The number of benzene rings is 3. The highest BCUT2D eigenvalue weighted by Gasteiger charge is 2.34. The Kier molecular flexibility index (Phi) is 8.07. The predicted octanol–water partition coefficient (Wildman–Crippen LogP) is 7.13. The van der Waals surface area contributed by atoms with Gasteiger partial charge < -0.3 is 33.4 Å². The van der Waals surface area contributed by atoms with E-state index >= 15 is 0 Å². The molecule has 8 nitrogen and oxygen atoms in total. The van der Waals surface area contributed by atoms with Gasteiger partial charge in [-0.2, -0.15) is 0 Å². The van der Waals surface area contributed by atoms with Crippen LogP contribution in [-0.4, -0.2) is 49.2 Å². The van der Waals surface area contributed by atoms with Crippen molar-refractivity contribution < 1.29 is 33.6 Å². The second-order valence-electron chi connectivity index (χ2n) is 10.7. The van der Waals surface area contributed by atoms with E-state index in [1.165, 1.54) is 7.11 Å². The van der Waals surface area contributed by atoms with E-state index in [1.807, 2.05) is 62.6 Å². The highest BCUT2D eigenvalue weighted by Crippen LogP contribution is 2.50. The molecule has 0 spiro atoms. The summed E-state index contributed by atoms with van der Waals surface area (Å²) in [5.41, 5.74) is 6.43. The molecule has 0 unspecified atom stereocenters. The molecular formula is C34H37NO7. The summed E-state index contributed by atoms with van der Waals surface area (Å²) >= 11 is 0. The van der Waals surface area contributed by atoms with Gasteiger partial charge in [0, 0.05) is 23.2 Å². The summed E-state index contributed by atoms with van der Waals surface area (Å²) in [6, 6.07) is 16.7. The molecule has 0 aliphatic carbocycles. The smallest absolute Gasteiger partial charge is 0.355 e. The SMILES string of the molecule is COC(=O)c1c(-c2ccc(O)cc2)c(-c2ccc(OC(C)C)c(OC)c2)c2n1CCc1cc(OC(C)C)c(OC)cc1-2. The summed E-state index contributed by atoms with van der Waals surface area (Å²) in [6.07, 6.45) is 0.622. The number of hydrogen-bond donors (Lipinski definition) is 1. The molecule has 0 saturated carbocycles. The fourth-order valence-electron chi connectivity index (χ4n) is 5.56. The third-order valence-corrected chi connectivity index (χ3v) is 7.23. The molecule has 1 aliphatic rings. The Morgan fingerprint density at radius 3 is 2.00 bits per heavy atom. The van der Waals surface area contributed by atoms with Gasteiger partial charge in [0.05, 0.1) is 39.2 Å². The molecule has 8 heteroatoms. The Balaban J connectivity index is 1.88. The Bertz CT molecular complexity index is 1620. The maximum Gasteiger partial charge on any atom is 0.355 e. The van der Waals surface area contributed by atoms with Crippen LogP contribution < -0.4 is 18.9 Å². The number of ether oxygens (including phenoxy) is 5. The average Bonchev–Trinajstić information content (AvgIpc) is 3.32. The van der Waals surface area contributed by atoms with Crippen molar-refractivity contribution in [3.63, 3.8) is 0 Å². The van der Waals surface area contributed by atoms with Gasteiger partial charge in [-0.15, -0.1) is 0 Å². The predicted molar refractivity (Wildman–Crippen MR) is 162 cm³/mol. The quantitative estimate of drug-likeness (QED) is 0.214. The molecule has 4 aromatic rings. The first-order chi connectivity index (χ1) is 20.2. The molecule has 220 valence electrons. The number of aryl methyl sites for hydroxylation is 1. The molecule has 0 fully saturated rings. The number of carbonyl (C=O) groups is 1. The molecule has 1 N–H and O–H groups in total. The van der Waals surface area contributed by atoms with E-state index in [9.17, 15) is 9.90 Å². The second kappa shape index (κ2) is 11.7. The first-order valence-corrected chi connectivity index (χ1v) is 14.0. The van der Waals surface area contributed by atoms with Crippen LogP contribution in [0.15, 0.2) is 54.6 Å². The van der Waals surface area contributed by atoms with Crippen LogP contribution >= 0.6 is 0 Å². The zero-order valence-corrected chi connectivity index (χ0v) is 25.1. The van der Waals surface area contributed by atoms with Gasteiger partial charge >= 0.3 is 5.97 Å². The molecule has 0 bridgehead atoms. The van der Waals surface area contributed by atoms with Gasteiger partial charge in [0.25, 0.3) is 0 Å². The number of aromatic hydroxyl groups is 1. The number of hydrogen-bond acceptors (Lipinski definition) is 7. The maximum absolute atomic E-state index is 13.5. The van der Waals surface area contributed by atoms with Gasteiger partial charge in [-0.1, -0.05) is 18.2 Å². The number of phenols is 1. The van der Waals surface area contributed by atoms with Crippen LogP contribution in [0.3, 0.4) is 0 Å². The van der Waals surface area contributed by atoms with Gasteiger partial charge in [0.2, 0.25) is 0 Å². The van der Waals surface area contributed by atoms with E-state index < -0.39 is 5.97 Å². The summed E-state index contributed by atoms with van der Waals surface area (Å²) in [7, 11) is 4.62. The van der Waals surface area contributed by atoms with E-state index in [2.05, 4.69) is 0 Å². The number of esters is 1. The minimum absolute atomic E-state index is 0.0222. The maximum atomic E-state index is 13.5. The fraction of sp³-hybridized carbons (Fsp3) is 0.324. The van der Waals surface area contributed by atoms with Crippen molar-refractivity contribution in [1.82, 2.24) is 4.57 Å². The van der Waals surface area contributed by atoms with Gasteiger partial charge in [-0.25, -0.2) is 4.79 Å². The van der Waals surface area contributed by atoms with E-state index in [0.717, 1.165) is 33.5 Å². The first-order valence-electron chi connectivity index (χ1n) is 14.0. The lowest BCUT2D eigenvalue weighted by Crippen LogP contribution is -2.18. The lowest BCUT2D eigenvalue weighted by molar-refractivity contribution is 0.0589. The largest absolute Gasteiger partial charge is 0.508 e. The zero-order chi connectivity index (χ0) is 30.1. The average molecular weight is 572 g/mol. The Morgan fingerprint density at radius 2 is 1.38 bits per heavy atom. The number of rotatable bonds is 9. The van der Waals surface area contributed by atoms with E-state index in [1.54, 1.807) is 38.5 Å². The van der Waals surface area contributed by atoms with Gasteiger partial charge in [-0.05, 0) is 87.2 Å². The lowest BCUT2D eigenvalue weighted by Gasteiger charge is -2.24. The monoisotopic (exact) mass is 571 g/mol. The Morgan fingerprint density at radius 1 is 0.762 bits per heavy atom. The van der Waals surface area contributed by atoms with E-state index in [0.29, 0.717) is 47.2 Å². The summed E-state index contributed by atoms with van der Waals surface area (Å²) < 4.78 is 31.0. The van der Waals surface area contributed by atoms with Gasteiger partial charge in [0.15, 0.2) is 23.0 Å². The van der Waals surface area contributed by atoms with Crippen LogP contribution in [0, 0.1) is 0 Å². The minimum atomic E-state index is -0.451. The first kappa shape index (κ1) is 28.9. The van der Waals surface area contributed by atoms with Crippen molar-refractivity contribution in [2.45, 2.75) is 52.9 Å². The zero-order valence-electron chi connectivity index (χ0n) is 25.1. The van der Waals surface area contributed by atoms with Crippen molar-refractivity contribution >= 4 is 5.97 Å². The molecule has 5 rings (SSSR count). The van der Waals surface area contributed by atoms with Gasteiger partial charge in [-0.3, -0.25) is 0 Å². The number of fused-ring (bicyclic) bond motifs is 3. The summed E-state index contributed by atoms with van der Waals surface area (Å²) in [4.78, 5) is 13.5. The van der Waals surface area contributed by atoms with E-state index in [-0.39, 0.29) is 18.0 Å². The lowest BCUT2D eigenvalue weighted by atomic mass is 9.89.